The highest BCUT2D eigenvalue weighted by molar-refractivity contribution is 7.16. The quantitative estimate of drug-likeness (QED) is 0.803. The van der Waals surface area contributed by atoms with Crippen LogP contribution in [-0.2, 0) is 11.2 Å². The molecule has 1 aromatic carbocycles. The Balaban J connectivity index is 1.60. The SMILES string of the molecule is Cc1ccc(NC(=O)CCc2nn3cnnc3s2)c(C)c1. The zero-order chi connectivity index (χ0) is 14.8. The molecule has 2 aromatic heterocycles. The molecule has 0 atom stereocenters. The highest BCUT2D eigenvalue weighted by Gasteiger charge is 2.09. The summed E-state index contributed by atoms with van der Waals surface area (Å²) in [6, 6.07) is 5.98. The molecular formula is C14H15N5OS. The van der Waals surface area contributed by atoms with Crippen molar-refractivity contribution in [3.8, 4) is 0 Å². The third-order valence-corrected chi connectivity index (χ3v) is 4.12. The largest absolute Gasteiger partial charge is 0.326 e. The summed E-state index contributed by atoms with van der Waals surface area (Å²) in [5.74, 6) is -0.00656. The summed E-state index contributed by atoms with van der Waals surface area (Å²) in [4.78, 5) is 12.8. The molecule has 6 nitrogen and oxygen atoms in total. The number of carbonyl (C=O) groups excluding carboxylic acids is 1. The molecule has 108 valence electrons. The molecule has 0 aliphatic carbocycles. The minimum Gasteiger partial charge on any atom is -0.326 e. The molecule has 0 bridgehead atoms. The Morgan fingerprint density at radius 2 is 2.24 bits per heavy atom. The molecule has 3 rings (SSSR count). The second kappa shape index (κ2) is 5.61. The summed E-state index contributed by atoms with van der Waals surface area (Å²) in [6.45, 7) is 4.03. The minimum atomic E-state index is -0.00656. The molecule has 0 unspecified atom stereocenters. The van der Waals surface area contributed by atoms with E-state index in [4.69, 9.17) is 0 Å². The van der Waals surface area contributed by atoms with Crippen molar-refractivity contribution in [1.29, 1.82) is 0 Å². The average molecular weight is 301 g/mol. The highest BCUT2D eigenvalue weighted by atomic mass is 32.1. The summed E-state index contributed by atoms with van der Waals surface area (Å²) in [6.07, 6.45) is 2.56. The normalized spacial score (nSPS) is 11.0. The average Bonchev–Trinajstić information content (AvgIpc) is 3.00. The van der Waals surface area contributed by atoms with Crippen LogP contribution >= 0.6 is 11.3 Å². The van der Waals surface area contributed by atoms with Gasteiger partial charge in [-0.3, -0.25) is 4.79 Å². The van der Waals surface area contributed by atoms with Crippen molar-refractivity contribution in [2.75, 3.05) is 5.32 Å². The summed E-state index contributed by atoms with van der Waals surface area (Å²) < 4.78 is 1.63. The Labute approximate surface area is 125 Å². The second-order valence-electron chi connectivity index (χ2n) is 4.92. The summed E-state index contributed by atoms with van der Waals surface area (Å²) in [5, 5.41) is 15.8. The van der Waals surface area contributed by atoms with Gasteiger partial charge < -0.3 is 5.32 Å². The van der Waals surface area contributed by atoms with Crippen LogP contribution in [0.25, 0.3) is 4.96 Å². The number of carbonyl (C=O) groups is 1. The zero-order valence-electron chi connectivity index (χ0n) is 11.8. The fourth-order valence-corrected chi connectivity index (χ4v) is 2.90. The van der Waals surface area contributed by atoms with E-state index in [-0.39, 0.29) is 5.91 Å². The lowest BCUT2D eigenvalue weighted by Gasteiger charge is -2.08. The summed E-state index contributed by atoms with van der Waals surface area (Å²) in [5.41, 5.74) is 3.12. The number of hydrogen-bond acceptors (Lipinski definition) is 5. The molecule has 2 heterocycles. The van der Waals surface area contributed by atoms with Crippen molar-refractivity contribution in [3.05, 3.63) is 40.7 Å². The number of benzene rings is 1. The Kier molecular flexibility index (Phi) is 3.66. The van der Waals surface area contributed by atoms with Gasteiger partial charge in [0.25, 0.3) is 0 Å². The number of nitrogens with one attached hydrogen (secondary N) is 1. The molecule has 7 heteroatoms. The van der Waals surface area contributed by atoms with E-state index in [0.29, 0.717) is 12.8 Å². The van der Waals surface area contributed by atoms with Gasteiger partial charge in [0, 0.05) is 18.5 Å². The van der Waals surface area contributed by atoms with Gasteiger partial charge in [-0.2, -0.15) is 9.61 Å². The summed E-state index contributed by atoms with van der Waals surface area (Å²) in [7, 11) is 0. The van der Waals surface area contributed by atoms with Gasteiger partial charge in [-0.15, -0.1) is 10.2 Å². The third-order valence-electron chi connectivity index (χ3n) is 3.15. The first kappa shape index (κ1) is 13.7. The van der Waals surface area contributed by atoms with Gasteiger partial charge in [0.2, 0.25) is 10.9 Å². The minimum absolute atomic E-state index is 0.00656. The number of anilines is 1. The number of hydrogen-bond donors (Lipinski definition) is 1. The van der Waals surface area contributed by atoms with E-state index in [9.17, 15) is 4.79 Å². The predicted octanol–water partition coefficient (Wildman–Crippen LogP) is 2.37. The monoisotopic (exact) mass is 301 g/mol. The number of aromatic nitrogens is 4. The Morgan fingerprint density at radius 3 is 3.00 bits per heavy atom. The van der Waals surface area contributed by atoms with E-state index in [1.165, 1.54) is 16.9 Å². The maximum Gasteiger partial charge on any atom is 0.234 e. The molecular weight excluding hydrogens is 286 g/mol. The Morgan fingerprint density at radius 1 is 1.38 bits per heavy atom. The highest BCUT2D eigenvalue weighted by Crippen LogP contribution is 2.17. The van der Waals surface area contributed by atoms with Crippen LogP contribution in [0.1, 0.15) is 22.6 Å². The lowest BCUT2D eigenvalue weighted by molar-refractivity contribution is -0.116. The van der Waals surface area contributed by atoms with Crippen LogP contribution in [0.3, 0.4) is 0 Å². The van der Waals surface area contributed by atoms with Crippen LogP contribution in [0.2, 0.25) is 0 Å². The fourth-order valence-electron chi connectivity index (χ4n) is 2.09. The van der Waals surface area contributed by atoms with Crippen LogP contribution in [0.5, 0.6) is 0 Å². The van der Waals surface area contributed by atoms with Gasteiger partial charge in [-0.25, -0.2) is 0 Å². The van der Waals surface area contributed by atoms with Gasteiger partial charge in [0.05, 0.1) is 0 Å². The maximum atomic E-state index is 12.0. The van der Waals surface area contributed by atoms with Crippen LogP contribution < -0.4 is 5.32 Å². The molecule has 0 radical (unpaired) electrons. The van der Waals surface area contributed by atoms with Crippen molar-refractivity contribution in [2.24, 2.45) is 0 Å². The van der Waals surface area contributed by atoms with Crippen molar-refractivity contribution in [3.63, 3.8) is 0 Å². The van der Waals surface area contributed by atoms with Gasteiger partial charge >= 0.3 is 0 Å². The number of amides is 1. The van der Waals surface area contributed by atoms with Crippen LogP contribution in [0, 0.1) is 13.8 Å². The first-order valence-corrected chi connectivity index (χ1v) is 7.46. The van der Waals surface area contributed by atoms with Crippen molar-refractivity contribution < 1.29 is 4.79 Å². The topological polar surface area (TPSA) is 72.2 Å². The lowest BCUT2D eigenvalue weighted by Crippen LogP contribution is -2.13. The van der Waals surface area contributed by atoms with E-state index in [1.54, 1.807) is 10.8 Å². The van der Waals surface area contributed by atoms with Crippen LogP contribution in [0.15, 0.2) is 24.5 Å². The van der Waals surface area contributed by atoms with Gasteiger partial charge in [-0.05, 0) is 25.5 Å². The van der Waals surface area contributed by atoms with Crippen molar-refractivity contribution in [1.82, 2.24) is 19.8 Å². The lowest BCUT2D eigenvalue weighted by atomic mass is 10.1. The van der Waals surface area contributed by atoms with Gasteiger partial charge in [0.1, 0.15) is 11.3 Å². The third kappa shape index (κ3) is 3.08. The molecule has 21 heavy (non-hydrogen) atoms. The fraction of sp³-hybridized carbons (Fsp3) is 0.286. The summed E-state index contributed by atoms with van der Waals surface area (Å²) >= 11 is 1.46. The molecule has 1 amide bonds. The maximum absolute atomic E-state index is 12.0. The second-order valence-corrected chi connectivity index (χ2v) is 5.96. The van der Waals surface area contributed by atoms with Crippen molar-refractivity contribution >= 4 is 27.9 Å². The van der Waals surface area contributed by atoms with E-state index >= 15 is 0 Å². The molecule has 1 N–H and O–H groups in total. The van der Waals surface area contributed by atoms with E-state index < -0.39 is 0 Å². The smallest absolute Gasteiger partial charge is 0.234 e. The molecule has 0 aliphatic heterocycles. The molecule has 0 aliphatic rings. The standard InChI is InChI=1S/C14H15N5OS/c1-9-3-4-11(10(2)7-9)16-12(20)5-6-13-18-19-8-15-17-14(19)21-13/h3-4,7-8H,5-6H2,1-2H3,(H,16,20). The predicted molar refractivity (Wildman–Crippen MR) is 81.5 cm³/mol. The molecule has 0 saturated carbocycles. The van der Waals surface area contributed by atoms with E-state index in [0.717, 1.165) is 21.2 Å². The van der Waals surface area contributed by atoms with Crippen LogP contribution in [0.4, 0.5) is 5.69 Å². The Hall–Kier alpha value is -2.28. The van der Waals surface area contributed by atoms with E-state index in [2.05, 4.69) is 26.7 Å². The first-order chi connectivity index (χ1) is 10.1. The number of fused-ring (bicyclic) bond motifs is 1. The molecule has 0 fully saturated rings. The molecule has 0 spiro atoms. The zero-order valence-corrected chi connectivity index (χ0v) is 12.6. The Bertz CT molecular complexity index is 763. The van der Waals surface area contributed by atoms with E-state index in [1.807, 2.05) is 26.0 Å². The molecule has 0 saturated heterocycles. The number of rotatable bonds is 4. The van der Waals surface area contributed by atoms with Crippen molar-refractivity contribution in [2.45, 2.75) is 26.7 Å². The van der Waals surface area contributed by atoms with Gasteiger partial charge in [-0.1, -0.05) is 29.0 Å². The molecule has 3 aromatic rings. The first-order valence-electron chi connectivity index (χ1n) is 6.64. The number of nitrogens with zero attached hydrogens (tertiary/aromatic N) is 4. The van der Waals surface area contributed by atoms with Crippen LogP contribution in [-0.4, -0.2) is 25.7 Å². The van der Waals surface area contributed by atoms with Gasteiger partial charge in [0.15, 0.2) is 0 Å². The number of aryl methyl sites for hydroxylation is 3.